The molecule has 0 aliphatic carbocycles. The number of rotatable bonds is 7. The molecular formula is C18H27N3O4. The molecule has 2 N–H and O–H groups in total. The number of nitro benzene ring substituents is 1. The molecule has 1 aliphatic heterocycles. The molecule has 0 aromatic heterocycles. The Morgan fingerprint density at radius 1 is 1.40 bits per heavy atom. The summed E-state index contributed by atoms with van der Waals surface area (Å²) >= 11 is 0. The zero-order valence-electron chi connectivity index (χ0n) is 14.9. The van der Waals surface area contributed by atoms with Crippen LogP contribution in [0.4, 0.5) is 10.5 Å². The molecule has 1 heterocycles. The van der Waals surface area contributed by atoms with E-state index >= 15 is 0 Å². The molecular weight excluding hydrogens is 322 g/mol. The number of non-ortho nitro benzene ring substituents is 1. The molecule has 1 aromatic rings. The number of hydrogen-bond acceptors (Lipinski definition) is 4. The highest BCUT2D eigenvalue weighted by Gasteiger charge is 2.23. The number of carbonyl (C=O) groups is 1. The highest BCUT2D eigenvalue weighted by Crippen LogP contribution is 2.24. The molecule has 1 unspecified atom stereocenters. The summed E-state index contributed by atoms with van der Waals surface area (Å²) in [6.45, 7) is 5.90. The van der Waals surface area contributed by atoms with E-state index in [0.29, 0.717) is 38.4 Å². The van der Waals surface area contributed by atoms with Crippen LogP contribution in [0.15, 0.2) is 18.2 Å². The summed E-state index contributed by atoms with van der Waals surface area (Å²) in [5.41, 5.74) is 1.96. The Kier molecular flexibility index (Phi) is 6.75. The smallest absolute Gasteiger partial charge is 0.317 e. The zero-order chi connectivity index (χ0) is 18.4. The van der Waals surface area contributed by atoms with Crippen LogP contribution in [0.25, 0.3) is 0 Å². The lowest BCUT2D eigenvalue weighted by Gasteiger charge is -2.29. The Morgan fingerprint density at radius 2 is 2.16 bits per heavy atom. The number of aliphatic hydroxyl groups excluding tert-OH is 1. The van der Waals surface area contributed by atoms with Crippen LogP contribution in [0.5, 0.6) is 0 Å². The number of amides is 2. The summed E-state index contributed by atoms with van der Waals surface area (Å²) in [4.78, 5) is 24.6. The topological polar surface area (TPSA) is 95.7 Å². The number of aliphatic hydroxyl groups is 1. The normalized spacial score (nSPS) is 15.0. The first kappa shape index (κ1) is 19.2. The monoisotopic (exact) mass is 349 g/mol. The molecule has 0 bridgehead atoms. The van der Waals surface area contributed by atoms with Crippen molar-refractivity contribution >= 4 is 11.7 Å². The van der Waals surface area contributed by atoms with Gasteiger partial charge in [0, 0.05) is 38.4 Å². The predicted octanol–water partition coefficient (Wildman–Crippen LogP) is 2.71. The van der Waals surface area contributed by atoms with Crippen LogP contribution >= 0.6 is 0 Å². The van der Waals surface area contributed by atoms with Gasteiger partial charge in [-0.25, -0.2) is 4.79 Å². The summed E-state index contributed by atoms with van der Waals surface area (Å²) in [5, 5.41) is 23.0. The van der Waals surface area contributed by atoms with Crippen molar-refractivity contribution < 1.29 is 14.8 Å². The molecule has 7 heteroatoms. The van der Waals surface area contributed by atoms with E-state index in [1.165, 1.54) is 6.07 Å². The van der Waals surface area contributed by atoms with Crippen molar-refractivity contribution in [3.63, 3.8) is 0 Å². The van der Waals surface area contributed by atoms with E-state index in [-0.39, 0.29) is 24.2 Å². The van der Waals surface area contributed by atoms with Crippen molar-refractivity contribution in [2.24, 2.45) is 11.8 Å². The maximum Gasteiger partial charge on any atom is 0.317 e. The number of nitrogens with one attached hydrogen (secondary N) is 1. The molecule has 0 saturated heterocycles. The van der Waals surface area contributed by atoms with Gasteiger partial charge in [-0.1, -0.05) is 19.9 Å². The van der Waals surface area contributed by atoms with Gasteiger partial charge in [0.1, 0.15) is 0 Å². The SMILES string of the molecule is CC(C)CC(CCO)CNC(=O)N1CCc2ccc([N+](=O)[O-])cc2C1. The molecule has 7 nitrogen and oxygen atoms in total. The Balaban J connectivity index is 1.94. The van der Waals surface area contributed by atoms with E-state index < -0.39 is 4.92 Å². The summed E-state index contributed by atoms with van der Waals surface area (Å²) in [7, 11) is 0. The fourth-order valence-corrected chi connectivity index (χ4v) is 3.33. The first-order valence-electron chi connectivity index (χ1n) is 8.80. The Labute approximate surface area is 148 Å². The second-order valence-electron chi connectivity index (χ2n) is 7.08. The molecule has 25 heavy (non-hydrogen) atoms. The van der Waals surface area contributed by atoms with Crippen LogP contribution < -0.4 is 5.32 Å². The molecule has 2 rings (SSSR count). The fourth-order valence-electron chi connectivity index (χ4n) is 3.33. The number of urea groups is 1. The lowest BCUT2D eigenvalue weighted by Crippen LogP contribution is -2.44. The van der Waals surface area contributed by atoms with Crippen LogP contribution in [-0.4, -0.2) is 40.7 Å². The minimum Gasteiger partial charge on any atom is -0.396 e. The van der Waals surface area contributed by atoms with E-state index in [1.807, 2.05) is 0 Å². The van der Waals surface area contributed by atoms with Gasteiger partial charge in [-0.2, -0.15) is 0 Å². The van der Waals surface area contributed by atoms with Gasteiger partial charge in [-0.15, -0.1) is 0 Å². The third-order valence-electron chi connectivity index (χ3n) is 4.58. The predicted molar refractivity (Wildman–Crippen MR) is 95.3 cm³/mol. The number of fused-ring (bicyclic) bond motifs is 1. The van der Waals surface area contributed by atoms with Crippen molar-refractivity contribution in [1.82, 2.24) is 10.2 Å². The Bertz CT molecular complexity index is 618. The summed E-state index contributed by atoms with van der Waals surface area (Å²) in [5.74, 6) is 0.767. The van der Waals surface area contributed by atoms with Crippen LogP contribution in [-0.2, 0) is 13.0 Å². The second kappa shape index (κ2) is 8.80. The summed E-state index contributed by atoms with van der Waals surface area (Å²) in [6, 6.07) is 4.70. The lowest BCUT2D eigenvalue weighted by atomic mass is 9.94. The highest BCUT2D eigenvalue weighted by molar-refractivity contribution is 5.74. The molecule has 0 spiro atoms. The maximum absolute atomic E-state index is 12.4. The van der Waals surface area contributed by atoms with Gasteiger partial charge in [0.25, 0.3) is 5.69 Å². The van der Waals surface area contributed by atoms with E-state index in [0.717, 1.165) is 17.5 Å². The Morgan fingerprint density at radius 3 is 2.80 bits per heavy atom. The minimum atomic E-state index is -0.412. The van der Waals surface area contributed by atoms with Crippen molar-refractivity contribution in [3.8, 4) is 0 Å². The van der Waals surface area contributed by atoms with Gasteiger partial charge in [0.05, 0.1) is 4.92 Å². The van der Waals surface area contributed by atoms with Crippen LogP contribution in [0.2, 0.25) is 0 Å². The maximum atomic E-state index is 12.4. The molecule has 0 fully saturated rings. The van der Waals surface area contributed by atoms with Gasteiger partial charge in [-0.05, 0) is 42.2 Å². The van der Waals surface area contributed by atoms with Gasteiger partial charge in [0.2, 0.25) is 0 Å². The first-order chi connectivity index (χ1) is 11.9. The molecule has 1 aromatic carbocycles. The van der Waals surface area contributed by atoms with E-state index in [4.69, 9.17) is 5.11 Å². The van der Waals surface area contributed by atoms with E-state index in [1.54, 1.807) is 17.0 Å². The van der Waals surface area contributed by atoms with Gasteiger partial charge < -0.3 is 15.3 Å². The number of carbonyl (C=O) groups excluding carboxylic acids is 1. The van der Waals surface area contributed by atoms with E-state index in [2.05, 4.69) is 19.2 Å². The number of benzene rings is 1. The molecule has 1 atom stereocenters. The number of nitro groups is 1. The Hall–Kier alpha value is -2.15. The number of nitrogens with zero attached hydrogens (tertiary/aromatic N) is 2. The molecule has 0 saturated carbocycles. The second-order valence-corrected chi connectivity index (χ2v) is 7.08. The average Bonchev–Trinajstić information content (AvgIpc) is 2.58. The van der Waals surface area contributed by atoms with Crippen LogP contribution in [0.1, 0.15) is 37.8 Å². The van der Waals surface area contributed by atoms with Crippen LogP contribution in [0.3, 0.4) is 0 Å². The summed E-state index contributed by atoms with van der Waals surface area (Å²) in [6.07, 6.45) is 2.33. The minimum absolute atomic E-state index is 0.0564. The molecule has 2 amide bonds. The van der Waals surface area contributed by atoms with Gasteiger partial charge >= 0.3 is 6.03 Å². The quantitative estimate of drug-likeness (QED) is 0.584. The van der Waals surface area contributed by atoms with Crippen LogP contribution in [0, 0.1) is 22.0 Å². The van der Waals surface area contributed by atoms with Crippen molar-refractivity contribution in [2.45, 2.75) is 39.7 Å². The molecule has 0 radical (unpaired) electrons. The third kappa shape index (κ3) is 5.42. The lowest BCUT2D eigenvalue weighted by molar-refractivity contribution is -0.385. The molecule has 138 valence electrons. The molecule has 1 aliphatic rings. The van der Waals surface area contributed by atoms with Crippen molar-refractivity contribution in [3.05, 3.63) is 39.4 Å². The summed E-state index contributed by atoms with van der Waals surface area (Å²) < 4.78 is 0. The first-order valence-corrected chi connectivity index (χ1v) is 8.80. The standard InChI is InChI=1S/C18H27N3O4/c1-13(2)9-14(6-8-22)11-19-18(23)20-7-5-15-3-4-17(21(24)25)10-16(15)12-20/h3-4,10,13-14,22H,5-9,11-12H2,1-2H3,(H,19,23). The number of hydrogen-bond donors (Lipinski definition) is 2. The van der Waals surface area contributed by atoms with Gasteiger partial charge in [-0.3, -0.25) is 10.1 Å². The van der Waals surface area contributed by atoms with Crippen molar-refractivity contribution in [2.75, 3.05) is 19.7 Å². The fraction of sp³-hybridized carbons (Fsp3) is 0.611. The largest absolute Gasteiger partial charge is 0.396 e. The average molecular weight is 349 g/mol. The third-order valence-corrected chi connectivity index (χ3v) is 4.58. The highest BCUT2D eigenvalue weighted by atomic mass is 16.6. The zero-order valence-corrected chi connectivity index (χ0v) is 14.9. The van der Waals surface area contributed by atoms with Crippen molar-refractivity contribution in [1.29, 1.82) is 0 Å². The van der Waals surface area contributed by atoms with E-state index in [9.17, 15) is 14.9 Å². The van der Waals surface area contributed by atoms with Gasteiger partial charge in [0.15, 0.2) is 0 Å².